The van der Waals surface area contributed by atoms with E-state index in [1.54, 1.807) is 10.5 Å². The van der Waals surface area contributed by atoms with Gasteiger partial charge in [-0.1, -0.05) is 6.42 Å². The Balaban J connectivity index is 1.53. The van der Waals surface area contributed by atoms with Crippen molar-refractivity contribution in [1.29, 1.82) is 0 Å². The van der Waals surface area contributed by atoms with Crippen molar-refractivity contribution in [3.63, 3.8) is 0 Å². The number of ether oxygens (including phenoxy) is 1. The summed E-state index contributed by atoms with van der Waals surface area (Å²) in [5.41, 5.74) is 0.681. The Morgan fingerprint density at radius 1 is 1.48 bits per heavy atom. The van der Waals surface area contributed by atoms with E-state index in [0.29, 0.717) is 31.6 Å². The molecule has 9 heteroatoms. The number of aromatic nitrogens is 4. The molecule has 1 saturated carbocycles. The van der Waals surface area contributed by atoms with Crippen molar-refractivity contribution in [3.8, 4) is 6.01 Å². The van der Waals surface area contributed by atoms with Crippen LogP contribution in [0.3, 0.4) is 0 Å². The molecule has 8 nitrogen and oxygen atoms in total. The Morgan fingerprint density at radius 3 is 3.12 bits per heavy atom. The molecule has 25 heavy (non-hydrogen) atoms. The molecule has 0 spiro atoms. The second kappa shape index (κ2) is 6.06. The van der Waals surface area contributed by atoms with Gasteiger partial charge in [-0.25, -0.2) is 23.4 Å². The molecule has 0 amide bonds. The van der Waals surface area contributed by atoms with Crippen LogP contribution in [-0.2, 0) is 10.0 Å². The smallest absolute Gasteiger partial charge is 0.316 e. The van der Waals surface area contributed by atoms with Crippen LogP contribution in [0, 0.1) is 18.3 Å². The molecule has 1 N–H and O–H groups in total. The van der Waals surface area contributed by atoms with Crippen LogP contribution >= 0.6 is 0 Å². The van der Waals surface area contributed by atoms with Gasteiger partial charge in [0.2, 0.25) is 0 Å². The number of rotatable bonds is 5. The van der Waals surface area contributed by atoms with Crippen molar-refractivity contribution in [2.75, 3.05) is 19.7 Å². The highest BCUT2D eigenvalue weighted by molar-refractivity contribution is 7.89. The first-order valence-corrected chi connectivity index (χ1v) is 9.85. The van der Waals surface area contributed by atoms with E-state index in [1.807, 2.05) is 13.0 Å². The van der Waals surface area contributed by atoms with E-state index in [-0.39, 0.29) is 10.4 Å². The predicted molar refractivity (Wildman–Crippen MR) is 89.4 cm³/mol. The number of aryl methyl sites for hydroxylation is 1. The number of nitrogens with one attached hydrogen (secondary N) is 1. The van der Waals surface area contributed by atoms with Crippen molar-refractivity contribution < 1.29 is 13.2 Å². The molecule has 2 fully saturated rings. The van der Waals surface area contributed by atoms with Gasteiger partial charge in [0.25, 0.3) is 10.0 Å². The molecule has 2 aromatic rings. The summed E-state index contributed by atoms with van der Waals surface area (Å²) in [5, 5.41) is 0.144. The summed E-state index contributed by atoms with van der Waals surface area (Å²) in [7, 11) is -3.54. The zero-order chi connectivity index (χ0) is 17.5. The summed E-state index contributed by atoms with van der Waals surface area (Å²) in [6.07, 6.45) is 7.49. The lowest BCUT2D eigenvalue weighted by molar-refractivity contribution is 0.125. The number of sulfonamides is 1. The number of aromatic amines is 1. The van der Waals surface area contributed by atoms with E-state index < -0.39 is 10.0 Å². The van der Waals surface area contributed by atoms with Crippen LogP contribution in [0.5, 0.6) is 6.01 Å². The first-order valence-electron chi connectivity index (χ1n) is 8.41. The van der Waals surface area contributed by atoms with Gasteiger partial charge in [-0.15, -0.1) is 0 Å². The number of H-pyrrole nitrogens is 1. The maximum atomic E-state index is 12.8. The van der Waals surface area contributed by atoms with Crippen LogP contribution in [0.15, 0.2) is 29.8 Å². The lowest BCUT2D eigenvalue weighted by atomic mass is 9.82. The fourth-order valence-corrected chi connectivity index (χ4v) is 5.49. The van der Waals surface area contributed by atoms with Crippen molar-refractivity contribution in [1.82, 2.24) is 24.2 Å². The van der Waals surface area contributed by atoms with Gasteiger partial charge in [0.15, 0.2) is 5.03 Å². The van der Waals surface area contributed by atoms with Crippen molar-refractivity contribution in [2.45, 2.75) is 31.2 Å². The summed E-state index contributed by atoms with van der Waals surface area (Å²) in [6, 6.07) is 2.17. The molecule has 2 aliphatic rings. The number of fused-ring (bicyclic) bond motifs is 1. The second-order valence-corrected chi connectivity index (χ2v) is 8.84. The molecule has 1 aliphatic heterocycles. The summed E-state index contributed by atoms with van der Waals surface area (Å²) >= 11 is 0. The van der Waals surface area contributed by atoms with Gasteiger partial charge in [0.05, 0.1) is 19.1 Å². The minimum Gasteiger partial charge on any atom is -0.463 e. The Morgan fingerprint density at radius 2 is 2.36 bits per heavy atom. The van der Waals surface area contributed by atoms with Gasteiger partial charge in [-0.05, 0) is 31.7 Å². The standard InChI is InChI=1S/C16H21N5O3S/c1-12-4-6-18-15(20-12)24-10-16-5-2-3-13(16)8-21(9-16)25(22,23)14-7-17-11-19-14/h4,6-7,11,13H,2-3,5,8-10H2,1H3,(H,17,19). The third-order valence-electron chi connectivity index (χ3n) is 5.36. The zero-order valence-electron chi connectivity index (χ0n) is 14.1. The molecular weight excluding hydrogens is 342 g/mol. The van der Waals surface area contributed by atoms with Crippen LogP contribution < -0.4 is 4.74 Å². The molecule has 2 unspecified atom stereocenters. The van der Waals surface area contributed by atoms with E-state index in [0.717, 1.165) is 25.0 Å². The summed E-state index contributed by atoms with van der Waals surface area (Å²) < 4.78 is 33.0. The topological polar surface area (TPSA) is 101 Å². The molecule has 2 atom stereocenters. The Hall–Kier alpha value is -2.00. The third kappa shape index (κ3) is 2.91. The Kier molecular flexibility index (Phi) is 3.99. The van der Waals surface area contributed by atoms with E-state index in [9.17, 15) is 8.42 Å². The van der Waals surface area contributed by atoms with Gasteiger partial charge in [0, 0.05) is 30.4 Å². The second-order valence-electron chi connectivity index (χ2n) is 6.93. The van der Waals surface area contributed by atoms with Crippen molar-refractivity contribution in [2.24, 2.45) is 11.3 Å². The predicted octanol–water partition coefficient (Wildman–Crippen LogP) is 1.38. The zero-order valence-corrected chi connectivity index (χ0v) is 14.9. The fourth-order valence-electron chi connectivity index (χ4n) is 4.01. The van der Waals surface area contributed by atoms with E-state index >= 15 is 0 Å². The molecule has 4 rings (SSSR count). The highest BCUT2D eigenvalue weighted by atomic mass is 32.2. The quantitative estimate of drug-likeness (QED) is 0.861. The Labute approximate surface area is 146 Å². The molecule has 1 aliphatic carbocycles. The first-order chi connectivity index (χ1) is 12.0. The van der Waals surface area contributed by atoms with Crippen LogP contribution in [0.1, 0.15) is 25.0 Å². The normalized spacial score (nSPS) is 26.7. The largest absolute Gasteiger partial charge is 0.463 e. The fraction of sp³-hybridized carbons (Fsp3) is 0.562. The number of hydrogen-bond acceptors (Lipinski definition) is 6. The summed E-state index contributed by atoms with van der Waals surface area (Å²) in [4.78, 5) is 15.0. The molecule has 0 bridgehead atoms. The van der Waals surface area contributed by atoms with Crippen LogP contribution in [-0.4, -0.2) is 52.4 Å². The minimum atomic E-state index is -3.54. The Bertz CT molecular complexity index is 854. The van der Waals surface area contributed by atoms with Gasteiger partial charge >= 0.3 is 6.01 Å². The molecule has 0 radical (unpaired) electrons. The average molecular weight is 363 g/mol. The number of imidazole rings is 1. The number of nitrogens with zero attached hydrogens (tertiary/aromatic N) is 4. The lowest BCUT2D eigenvalue weighted by Crippen LogP contribution is -2.36. The van der Waals surface area contributed by atoms with Gasteiger partial charge in [-0.3, -0.25) is 0 Å². The van der Waals surface area contributed by atoms with Crippen LogP contribution in [0.25, 0.3) is 0 Å². The lowest BCUT2D eigenvalue weighted by Gasteiger charge is -2.28. The molecule has 1 saturated heterocycles. The van der Waals surface area contributed by atoms with Crippen molar-refractivity contribution >= 4 is 10.0 Å². The summed E-state index contributed by atoms with van der Waals surface area (Å²) in [6.45, 7) is 3.32. The minimum absolute atomic E-state index is 0.144. The average Bonchev–Trinajstić information content (AvgIpc) is 3.29. The molecule has 0 aromatic carbocycles. The highest BCUT2D eigenvalue weighted by Crippen LogP contribution is 2.49. The maximum absolute atomic E-state index is 12.8. The van der Waals surface area contributed by atoms with Crippen LogP contribution in [0.4, 0.5) is 0 Å². The molecule has 3 heterocycles. The van der Waals surface area contributed by atoms with Gasteiger partial charge in [0.1, 0.15) is 0 Å². The molecular formula is C16H21N5O3S. The van der Waals surface area contributed by atoms with Crippen molar-refractivity contribution in [3.05, 3.63) is 30.5 Å². The van der Waals surface area contributed by atoms with E-state index in [1.165, 1.54) is 12.5 Å². The molecule has 134 valence electrons. The van der Waals surface area contributed by atoms with E-state index in [2.05, 4.69) is 19.9 Å². The van der Waals surface area contributed by atoms with Gasteiger partial charge in [-0.2, -0.15) is 4.31 Å². The highest BCUT2D eigenvalue weighted by Gasteiger charge is 2.53. The number of hydrogen-bond donors (Lipinski definition) is 1. The maximum Gasteiger partial charge on any atom is 0.316 e. The van der Waals surface area contributed by atoms with E-state index in [4.69, 9.17) is 4.74 Å². The monoisotopic (exact) mass is 363 g/mol. The van der Waals surface area contributed by atoms with Gasteiger partial charge < -0.3 is 9.72 Å². The summed E-state index contributed by atoms with van der Waals surface area (Å²) in [5.74, 6) is 0.301. The first kappa shape index (κ1) is 16.5. The SMILES string of the molecule is Cc1ccnc(OCC23CCCC2CN(S(=O)(=O)c2cnc[nH]2)C3)n1. The van der Waals surface area contributed by atoms with Crippen LogP contribution in [0.2, 0.25) is 0 Å². The third-order valence-corrected chi connectivity index (χ3v) is 7.10. The molecule has 2 aromatic heterocycles.